The third-order valence-corrected chi connectivity index (χ3v) is 9.80. The Morgan fingerprint density at radius 1 is 1.15 bits per heavy atom. The molecular formula is C31H36F2N8O5S. The van der Waals surface area contributed by atoms with Crippen molar-refractivity contribution in [2.45, 2.75) is 48.4 Å². The average molecular weight is 671 g/mol. The van der Waals surface area contributed by atoms with E-state index in [9.17, 15) is 18.7 Å². The van der Waals surface area contributed by atoms with E-state index in [2.05, 4.69) is 20.3 Å². The maximum atomic E-state index is 13.6. The number of piperidine rings is 1. The van der Waals surface area contributed by atoms with Crippen molar-refractivity contribution < 1.29 is 32.9 Å². The second kappa shape index (κ2) is 14.1. The predicted molar refractivity (Wildman–Crippen MR) is 168 cm³/mol. The van der Waals surface area contributed by atoms with Gasteiger partial charge in [-0.1, -0.05) is 0 Å². The van der Waals surface area contributed by atoms with E-state index in [0.717, 1.165) is 44.0 Å². The smallest absolute Gasteiger partial charge is 0.387 e. The lowest BCUT2D eigenvalue weighted by atomic mass is 10.0. The van der Waals surface area contributed by atoms with E-state index in [1.165, 1.54) is 21.5 Å². The van der Waals surface area contributed by atoms with Crippen LogP contribution < -0.4 is 10.1 Å². The summed E-state index contributed by atoms with van der Waals surface area (Å²) < 4.78 is 45.8. The van der Waals surface area contributed by atoms with Gasteiger partial charge in [0.25, 0.3) is 0 Å². The minimum absolute atomic E-state index is 0.0653. The Morgan fingerprint density at radius 2 is 1.96 bits per heavy atom. The van der Waals surface area contributed by atoms with Crippen molar-refractivity contribution in [3.63, 3.8) is 0 Å². The summed E-state index contributed by atoms with van der Waals surface area (Å²) in [5.41, 5.74) is 1.71. The molecule has 0 bridgehead atoms. The Hall–Kier alpha value is -3.83. The molecule has 1 amide bonds. The number of likely N-dealkylation sites (tertiary alicyclic amines) is 1. The Kier molecular flexibility index (Phi) is 9.53. The van der Waals surface area contributed by atoms with Gasteiger partial charge in [-0.3, -0.25) is 14.4 Å². The van der Waals surface area contributed by atoms with Crippen LogP contribution in [0, 0.1) is 0 Å². The molecule has 2 N–H and O–H groups in total. The second-order valence-corrected chi connectivity index (χ2v) is 13.1. The zero-order valence-electron chi connectivity index (χ0n) is 25.6. The minimum Gasteiger partial charge on any atom is -0.434 e. The Balaban J connectivity index is 1.16. The molecular weight excluding hydrogens is 634 g/mol. The predicted octanol–water partition coefficient (Wildman–Crippen LogP) is 3.11. The van der Waals surface area contributed by atoms with E-state index < -0.39 is 12.8 Å². The van der Waals surface area contributed by atoms with Crippen molar-refractivity contribution in [1.29, 1.82) is 0 Å². The van der Waals surface area contributed by atoms with Crippen molar-refractivity contribution in [3.05, 3.63) is 54.6 Å². The maximum Gasteiger partial charge on any atom is 0.387 e. The van der Waals surface area contributed by atoms with Crippen molar-refractivity contribution in [2.75, 3.05) is 57.9 Å². The monoisotopic (exact) mass is 670 g/mol. The number of morpholine rings is 1. The Labute approximate surface area is 273 Å². The first kappa shape index (κ1) is 31.8. The topological polar surface area (TPSA) is 132 Å². The van der Waals surface area contributed by atoms with Gasteiger partial charge >= 0.3 is 6.61 Å². The molecule has 3 aromatic heterocycles. The first-order valence-electron chi connectivity index (χ1n) is 15.6. The number of thioether (sulfide) groups is 1. The second-order valence-electron chi connectivity index (χ2n) is 11.7. The number of fused-ring (bicyclic) bond motifs is 1. The summed E-state index contributed by atoms with van der Waals surface area (Å²) in [5.74, 6) is -0.178. The average Bonchev–Trinajstić information content (AvgIpc) is 3.67. The first-order chi connectivity index (χ1) is 22.9. The third-order valence-electron chi connectivity index (χ3n) is 8.66. The lowest BCUT2D eigenvalue weighted by Gasteiger charge is -2.40. The fraction of sp³-hybridized carbons (Fsp3) is 0.484. The summed E-state index contributed by atoms with van der Waals surface area (Å²) in [6, 6.07) is 7.09. The van der Waals surface area contributed by atoms with Gasteiger partial charge in [0, 0.05) is 61.3 Å². The molecule has 1 aromatic carbocycles. The molecule has 0 aliphatic carbocycles. The summed E-state index contributed by atoms with van der Waals surface area (Å²) in [5, 5.41) is 23.5. The molecule has 3 aliphatic rings. The van der Waals surface area contributed by atoms with E-state index >= 15 is 0 Å². The van der Waals surface area contributed by atoms with Crippen LogP contribution in [0.25, 0.3) is 16.9 Å². The van der Waals surface area contributed by atoms with Crippen LogP contribution in [0.3, 0.4) is 0 Å². The van der Waals surface area contributed by atoms with Crippen LogP contribution in [0.15, 0.2) is 53.9 Å². The molecule has 0 spiro atoms. The number of amides is 1. The highest BCUT2D eigenvalue weighted by Gasteiger charge is 2.29. The van der Waals surface area contributed by atoms with Crippen LogP contribution in [0.4, 0.5) is 14.5 Å². The molecule has 250 valence electrons. The largest absolute Gasteiger partial charge is 0.434 e. The quantitative estimate of drug-likeness (QED) is 0.228. The Morgan fingerprint density at radius 3 is 2.70 bits per heavy atom. The number of nitrogens with one attached hydrogen (secondary N) is 1. The van der Waals surface area contributed by atoms with Crippen LogP contribution in [0.1, 0.15) is 24.6 Å². The molecule has 3 aliphatic heterocycles. The number of nitrogens with zero attached hydrogens (tertiary/aromatic N) is 7. The summed E-state index contributed by atoms with van der Waals surface area (Å²) in [6.07, 6.45) is 6.89. The molecule has 16 heteroatoms. The van der Waals surface area contributed by atoms with Crippen LogP contribution >= 0.6 is 11.8 Å². The van der Waals surface area contributed by atoms with Crippen LogP contribution in [0.5, 0.6) is 5.75 Å². The number of carbonyl (C=O) groups is 1. The minimum atomic E-state index is -3.07. The summed E-state index contributed by atoms with van der Waals surface area (Å²) >= 11 is 1.57. The van der Waals surface area contributed by atoms with Gasteiger partial charge in [0.1, 0.15) is 18.0 Å². The molecule has 1 atom stereocenters. The van der Waals surface area contributed by atoms with E-state index in [0.29, 0.717) is 54.8 Å². The number of benzene rings is 1. The molecule has 3 saturated heterocycles. The molecule has 47 heavy (non-hydrogen) atoms. The van der Waals surface area contributed by atoms with Crippen LogP contribution in [0.2, 0.25) is 0 Å². The van der Waals surface area contributed by atoms with Gasteiger partial charge in [0.15, 0.2) is 11.9 Å². The highest BCUT2D eigenvalue weighted by molar-refractivity contribution is 8.00. The molecule has 0 saturated carbocycles. The van der Waals surface area contributed by atoms with Crippen molar-refractivity contribution in [1.82, 2.24) is 34.2 Å². The SMILES string of the molecule is O=C(Cn1cc(NC(O)c2cnn3cccnc23)c(-c2cc(SC3COC3)ccc2OC(F)F)n1)N1CCC(N2CCOCC2)CC1. The van der Waals surface area contributed by atoms with E-state index in [1.54, 1.807) is 48.6 Å². The number of hydrogen-bond donors (Lipinski definition) is 2. The van der Waals surface area contributed by atoms with Gasteiger partial charge in [0.05, 0.1) is 49.1 Å². The number of aromatic nitrogens is 5. The Bertz CT molecular complexity index is 1690. The fourth-order valence-electron chi connectivity index (χ4n) is 6.17. The van der Waals surface area contributed by atoms with Gasteiger partial charge in [-0.05, 0) is 37.1 Å². The number of aliphatic hydroxyl groups excluding tert-OH is 1. The van der Waals surface area contributed by atoms with E-state index in [-0.39, 0.29) is 29.1 Å². The van der Waals surface area contributed by atoms with Crippen molar-refractivity contribution >= 4 is 29.0 Å². The number of carbonyl (C=O) groups excluding carboxylic acids is 1. The maximum absolute atomic E-state index is 13.6. The molecule has 4 aromatic rings. The molecule has 7 rings (SSSR count). The lowest BCUT2D eigenvalue weighted by molar-refractivity contribution is -0.133. The number of halogens is 2. The van der Waals surface area contributed by atoms with Gasteiger partial charge in [-0.15, -0.1) is 11.8 Å². The highest BCUT2D eigenvalue weighted by Crippen LogP contribution is 2.40. The molecule has 13 nitrogen and oxygen atoms in total. The third kappa shape index (κ3) is 7.21. The fourth-order valence-corrected chi connectivity index (χ4v) is 7.22. The molecule has 1 unspecified atom stereocenters. The van der Waals surface area contributed by atoms with Crippen LogP contribution in [-0.4, -0.2) is 116 Å². The zero-order valence-corrected chi connectivity index (χ0v) is 26.4. The summed E-state index contributed by atoms with van der Waals surface area (Å²) in [7, 11) is 0. The van der Waals surface area contributed by atoms with Gasteiger partial charge in [0.2, 0.25) is 5.91 Å². The van der Waals surface area contributed by atoms with Crippen molar-refractivity contribution in [2.24, 2.45) is 0 Å². The first-order valence-corrected chi connectivity index (χ1v) is 16.5. The number of aliphatic hydroxyl groups is 1. The number of ether oxygens (including phenoxy) is 3. The number of alkyl halides is 2. The van der Waals surface area contributed by atoms with Gasteiger partial charge < -0.3 is 29.5 Å². The van der Waals surface area contributed by atoms with E-state index in [1.807, 2.05) is 4.90 Å². The molecule has 3 fully saturated rings. The number of hydrogen-bond acceptors (Lipinski definition) is 11. The van der Waals surface area contributed by atoms with Crippen molar-refractivity contribution in [3.8, 4) is 17.0 Å². The van der Waals surface area contributed by atoms with Gasteiger partial charge in [-0.25, -0.2) is 9.50 Å². The zero-order chi connectivity index (χ0) is 32.3. The lowest BCUT2D eigenvalue weighted by Crippen LogP contribution is -2.50. The molecule has 6 heterocycles. The normalized spacial score (nSPS) is 18.9. The summed E-state index contributed by atoms with van der Waals surface area (Å²) in [4.78, 5) is 22.9. The highest BCUT2D eigenvalue weighted by atomic mass is 32.2. The van der Waals surface area contributed by atoms with E-state index in [4.69, 9.17) is 19.3 Å². The molecule has 0 radical (unpaired) electrons. The van der Waals surface area contributed by atoms with Gasteiger partial charge in [-0.2, -0.15) is 19.0 Å². The number of rotatable bonds is 11. The summed E-state index contributed by atoms with van der Waals surface area (Å²) in [6.45, 7) is 2.63. The standard InChI is InChI=1S/C31H36F2N8O5S/c32-31(33)46-26-3-2-21(47-22-18-45-19-22)14-23(26)28-25(36-30(43)24-15-35-41-7-1-6-34-29(24)41)16-40(37-28)17-27(42)39-8-4-20(5-9-39)38-10-12-44-13-11-38/h1-3,6-7,14-16,20,22,30-31,36,43H,4-5,8-13,17-19H2. The number of anilines is 1. The van der Waals surface area contributed by atoms with Crippen LogP contribution in [-0.2, 0) is 20.8 Å².